The van der Waals surface area contributed by atoms with Crippen LogP contribution in [0.2, 0.25) is 0 Å². The highest BCUT2D eigenvalue weighted by Crippen LogP contribution is 1.93. The number of hydrogen-bond donors (Lipinski definition) is 0. The van der Waals surface area contributed by atoms with Crippen LogP contribution in [0.5, 0.6) is 0 Å². The fourth-order valence-corrected chi connectivity index (χ4v) is 0.752. The smallest absolute Gasteiger partial charge is 0.000122 e. The molecular weight excluding hydrogens is 170 g/mol. The SMILES string of the molecule is CC.CC.CC.CCN(C)CC(C)C. The third-order valence-electron chi connectivity index (χ3n) is 1.22. The molecule has 0 radical (unpaired) electrons. The molecule has 0 rings (SSSR count). The Bertz CT molecular complexity index is 51.2. The molecule has 0 saturated carbocycles. The van der Waals surface area contributed by atoms with Gasteiger partial charge in [-0.2, -0.15) is 0 Å². The standard InChI is InChI=1S/C7H17N.3C2H6/c1-5-8(4)6-7(2)3;3*1-2/h7H,5-6H2,1-4H3;3*1-2H3. The molecule has 0 N–H and O–H groups in total. The summed E-state index contributed by atoms with van der Waals surface area (Å²) in [6.07, 6.45) is 0. The van der Waals surface area contributed by atoms with E-state index in [1.807, 2.05) is 41.5 Å². The Balaban J connectivity index is -0.0000000708. The van der Waals surface area contributed by atoms with Crippen LogP contribution in [-0.2, 0) is 0 Å². The molecule has 0 aromatic rings. The van der Waals surface area contributed by atoms with Gasteiger partial charge >= 0.3 is 0 Å². The lowest BCUT2D eigenvalue weighted by Crippen LogP contribution is -2.22. The van der Waals surface area contributed by atoms with E-state index in [1.54, 1.807) is 0 Å². The largest absolute Gasteiger partial charge is 0.306 e. The minimum atomic E-state index is 0.806. The second-order valence-electron chi connectivity index (χ2n) is 2.75. The Morgan fingerprint density at radius 2 is 1.14 bits per heavy atom. The van der Waals surface area contributed by atoms with Crippen LogP contribution in [0.4, 0.5) is 0 Å². The van der Waals surface area contributed by atoms with Gasteiger partial charge in [-0.3, -0.25) is 0 Å². The van der Waals surface area contributed by atoms with Gasteiger partial charge in [0.2, 0.25) is 0 Å². The first-order valence-corrected chi connectivity index (χ1v) is 6.35. The first-order chi connectivity index (χ1) is 6.66. The summed E-state index contributed by atoms with van der Waals surface area (Å²) in [5.74, 6) is 0.806. The van der Waals surface area contributed by atoms with E-state index in [9.17, 15) is 0 Å². The van der Waals surface area contributed by atoms with Crippen molar-refractivity contribution in [1.29, 1.82) is 0 Å². The van der Waals surface area contributed by atoms with Gasteiger partial charge in [0, 0.05) is 6.54 Å². The molecular formula is C13H35N. The van der Waals surface area contributed by atoms with Crippen molar-refractivity contribution in [3.63, 3.8) is 0 Å². The zero-order chi connectivity index (χ0) is 12.6. The van der Waals surface area contributed by atoms with Gasteiger partial charge in [-0.15, -0.1) is 0 Å². The van der Waals surface area contributed by atoms with Crippen molar-refractivity contribution >= 4 is 0 Å². The molecule has 0 aliphatic heterocycles. The molecule has 0 bridgehead atoms. The summed E-state index contributed by atoms with van der Waals surface area (Å²) in [6.45, 7) is 21.1. The van der Waals surface area contributed by atoms with E-state index in [0.717, 1.165) is 12.5 Å². The maximum Gasteiger partial charge on any atom is 0.000122 e. The van der Waals surface area contributed by atoms with Crippen LogP contribution < -0.4 is 0 Å². The number of nitrogens with zero attached hydrogens (tertiary/aromatic N) is 1. The molecule has 0 aliphatic rings. The van der Waals surface area contributed by atoms with Gasteiger partial charge in [0.15, 0.2) is 0 Å². The maximum atomic E-state index is 2.32. The van der Waals surface area contributed by atoms with Crippen LogP contribution >= 0.6 is 0 Å². The Labute approximate surface area is 93.9 Å². The van der Waals surface area contributed by atoms with Gasteiger partial charge < -0.3 is 4.90 Å². The summed E-state index contributed by atoms with van der Waals surface area (Å²) in [5.41, 5.74) is 0. The predicted octanol–water partition coefficient (Wildman–Crippen LogP) is 4.67. The Morgan fingerprint density at radius 1 is 0.857 bits per heavy atom. The van der Waals surface area contributed by atoms with Crippen molar-refractivity contribution in [1.82, 2.24) is 4.90 Å². The van der Waals surface area contributed by atoms with E-state index < -0.39 is 0 Å². The number of hydrogen-bond acceptors (Lipinski definition) is 1. The van der Waals surface area contributed by atoms with Crippen molar-refractivity contribution in [2.75, 3.05) is 20.1 Å². The first-order valence-electron chi connectivity index (χ1n) is 6.35. The van der Waals surface area contributed by atoms with Crippen LogP contribution in [0.1, 0.15) is 62.3 Å². The quantitative estimate of drug-likeness (QED) is 0.647. The molecule has 1 nitrogen and oxygen atoms in total. The normalized spacial score (nSPS) is 7.71. The lowest BCUT2D eigenvalue weighted by Gasteiger charge is -2.15. The predicted molar refractivity (Wildman–Crippen MR) is 72.1 cm³/mol. The van der Waals surface area contributed by atoms with Gasteiger partial charge in [-0.25, -0.2) is 0 Å². The Kier molecular flexibility index (Phi) is 49.4. The molecule has 0 atom stereocenters. The van der Waals surface area contributed by atoms with Crippen LogP contribution in [0.25, 0.3) is 0 Å². The monoisotopic (exact) mass is 205 g/mol. The lowest BCUT2D eigenvalue weighted by atomic mass is 10.2. The van der Waals surface area contributed by atoms with Gasteiger partial charge in [0.25, 0.3) is 0 Å². The second-order valence-corrected chi connectivity index (χ2v) is 2.75. The van der Waals surface area contributed by atoms with Gasteiger partial charge in [0.1, 0.15) is 0 Å². The average molecular weight is 205 g/mol. The average Bonchev–Trinajstić information content (AvgIpc) is 2.25. The van der Waals surface area contributed by atoms with E-state index in [-0.39, 0.29) is 0 Å². The second kappa shape index (κ2) is 29.3. The van der Waals surface area contributed by atoms with Crippen molar-refractivity contribution in [2.24, 2.45) is 5.92 Å². The van der Waals surface area contributed by atoms with Crippen LogP contribution in [0, 0.1) is 5.92 Å². The summed E-state index contributed by atoms with van der Waals surface area (Å²) >= 11 is 0. The highest BCUT2D eigenvalue weighted by Gasteiger charge is 1.95. The molecule has 0 aromatic carbocycles. The minimum Gasteiger partial charge on any atom is -0.306 e. The summed E-state index contributed by atoms with van der Waals surface area (Å²) < 4.78 is 0. The molecule has 0 aromatic heterocycles. The van der Waals surface area contributed by atoms with Gasteiger partial charge in [0.05, 0.1) is 0 Å². The van der Waals surface area contributed by atoms with Gasteiger partial charge in [-0.05, 0) is 19.5 Å². The van der Waals surface area contributed by atoms with E-state index in [1.165, 1.54) is 6.54 Å². The summed E-state index contributed by atoms with van der Waals surface area (Å²) in [5, 5.41) is 0. The fraction of sp³-hybridized carbons (Fsp3) is 1.00. The van der Waals surface area contributed by atoms with Crippen molar-refractivity contribution < 1.29 is 0 Å². The molecule has 0 unspecified atom stereocenters. The summed E-state index contributed by atoms with van der Waals surface area (Å²) in [7, 11) is 2.15. The molecule has 14 heavy (non-hydrogen) atoms. The maximum absolute atomic E-state index is 2.32. The number of rotatable bonds is 3. The van der Waals surface area contributed by atoms with Crippen molar-refractivity contribution in [3.8, 4) is 0 Å². The molecule has 92 valence electrons. The highest BCUT2D eigenvalue weighted by atomic mass is 15.1. The molecule has 0 heterocycles. The molecule has 0 amide bonds. The van der Waals surface area contributed by atoms with Crippen molar-refractivity contribution in [3.05, 3.63) is 0 Å². The third kappa shape index (κ3) is 40.4. The van der Waals surface area contributed by atoms with E-state index >= 15 is 0 Å². The van der Waals surface area contributed by atoms with E-state index in [0.29, 0.717) is 0 Å². The fourth-order valence-electron chi connectivity index (χ4n) is 0.752. The molecule has 1 heteroatoms. The van der Waals surface area contributed by atoms with Gasteiger partial charge in [-0.1, -0.05) is 62.3 Å². The Hall–Kier alpha value is -0.0400. The van der Waals surface area contributed by atoms with Crippen LogP contribution in [0.3, 0.4) is 0 Å². The molecule has 0 saturated heterocycles. The minimum absolute atomic E-state index is 0.806. The topological polar surface area (TPSA) is 3.24 Å². The van der Waals surface area contributed by atoms with Crippen LogP contribution in [0.15, 0.2) is 0 Å². The molecule has 0 aliphatic carbocycles. The summed E-state index contributed by atoms with van der Waals surface area (Å²) in [6, 6.07) is 0. The highest BCUT2D eigenvalue weighted by molar-refractivity contribution is 4.50. The first kappa shape index (κ1) is 23.6. The third-order valence-corrected chi connectivity index (χ3v) is 1.22. The molecule has 0 fully saturated rings. The zero-order valence-electron chi connectivity index (χ0n) is 12.4. The molecule has 0 spiro atoms. The van der Waals surface area contributed by atoms with Crippen LogP contribution in [-0.4, -0.2) is 25.0 Å². The van der Waals surface area contributed by atoms with E-state index in [2.05, 4.69) is 32.7 Å². The lowest BCUT2D eigenvalue weighted by molar-refractivity contribution is 0.310. The zero-order valence-corrected chi connectivity index (χ0v) is 12.4. The summed E-state index contributed by atoms with van der Waals surface area (Å²) in [4.78, 5) is 2.32. The Morgan fingerprint density at radius 3 is 1.21 bits per heavy atom. The van der Waals surface area contributed by atoms with Crippen molar-refractivity contribution in [2.45, 2.75) is 62.3 Å². The van der Waals surface area contributed by atoms with E-state index in [4.69, 9.17) is 0 Å².